The van der Waals surface area contributed by atoms with Crippen LogP contribution in [0.2, 0.25) is 0 Å². The molecule has 2 rings (SSSR count). The lowest BCUT2D eigenvalue weighted by atomic mass is 10.1. The second kappa shape index (κ2) is 7.17. The molecule has 1 aliphatic carbocycles. The second-order valence-electron chi connectivity index (χ2n) is 5.19. The largest absolute Gasteiger partial charge is 0.446 e. The summed E-state index contributed by atoms with van der Waals surface area (Å²) in [5, 5.41) is 2.83. The molecule has 0 saturated carbocycles. The number of rotatable bonds is 6. The molecule has 0 saturated heterocycles. The summed E-state index contributed by atoms with van der Waals surface area (Å²) < 4.78 is 5.45. The van der Waals surface area contributed by atoms with Crippen LogP contribution in [0, 0.1) is 0 Å². The quantitative estimate of drug-likeness (QED) is 0.796. The van der Waals surface area contributed by atoms with Gasteiger partial charge in [-0.15, -0.1) is 0 Å². The van der Waals surface area contributed by atoms with Crippen LogP contribution in [0.25, 0.3) is 0 Å². The fraction of sp³-hybridized carbons (Fsp3) is 0.562. The van der Waals surface area contributed by atoms with Gasteiger partial charge in [-0.3, -0.25) is 0 Å². The summed E-state index contributed by atoms with van der Waals surface area (Å²) in [6.07, 6.45) is 6.08. The molecule has 1 aliphatic rings. The molecule has 0 fully saturated rings. The second-order valence-corrected chi connectivity index (χ2v) is 5.19. The van der Waals surface area contributed by atoms with Crippen molar-refractivity contribution in [3.8, 4) is 0 Å². The first-order valence-electron chi connectivity index (χ1n) is 7.31. The highest BCUT2D eigenvalue weighted by atomic mass is 16.6. The molecule has 1 N–H and O–H groups in total. The van der Waals surface area contributed by atoms with Crippen LogP contribution in [0.4, 0.5) is 4.79 Å². The first kappa shape index (κ1) is 13.9. The van der Waals surface area contributed by atoms with Crippen molar-refractivity contribution in [2.75, 3.05) is 6.54 Å². The summed E-state index contributed by atoms with van der Waals surface area (Å²) in [5.41, 5.74) is 2.62. The molecule has 0 heterocycles. The molecule has 19 heavy (non-hydrogen) atoms. The Bertz CT molecular complexity index is 392. The number of fused-ring (bicyclic) bond motifs is 1. The minimum absolute atomic E-state index is 0.00745. The van der Waals surface area contributed by atoms with Crippen molar-refractivity contribution in [3.63, 3.8) is 0 Å². The number of amides is 1. The Morgan fingerprint density at radius 1 is 1.21 bits per heavy atom. The molecule has 0 aromatic heterocycles. The molecule has 3 nitrogen and oxygen atoms in total. The normalized spacial score (nSPS) is 14.2. The Morgan fingerprint density at radius 3 is 2.53 bits per heavy atom. The summed E-state index contributed by atoms with van der Waals surface area (Å²) in [5.74, 6) is 0. The fourth-order valence-electron chi connectivity index (χ4n) is 2.54. The van der Waals surface area contributed by atoms with Crippen LogP contribution in [0.3, 0.4) is 0 Å². The third-order valence-electron chi connectivity index (χ3n) is 3.59. The molecule has 0 unspecified atom stereocenters. The van der Waals surface area contributed by atoms with Crippen LogP contribution in [0.1, 0.15) is 43.7 Å². The van der Waals surface area contributed by atoms with Crippen molar-refractivity contribution in [1.29, 1.82) is 0 Å². The van der Waals surface area contributed by atoms with Crippen molar-refractivity contribution < 1.29 is 9.53 Å². The maximum Gasteiger partial charge on any atom is 0.407 e. The van der Waals surface area contributed by atoms with E-state index in [9.17, 15) is 4.79 Å². The fourth-order valence-corrected chi connectivity index (χ4v) is 2.54. The number of hydrogen-bond acceptors (Lipinski definition) is 2. The molecule has 0 spiro atoms. The van der Waals surface area contributed by atoms with Crippen LogP contribution in [0.15, 0.2) is 24.3 Å². The molecular formula is C16H23NO2. The van der Waals surface area contributed by atoms with Crippen molar-refractivity contribution >= 4 is 6.09 Å². The van der Waals surface area contributed by atoms with E-state index >= 15 is 0 Å². The summed E-state index contributed by atoms with van der Waals surface area (Å²) in [6.45, 7) is 2.90. The van der Waals surface area contributed by atoms with E-state index in [0.29, 0.717) is 0 Å². The zero-order chi connectivity index (χ0) is 13.5. The third-order valence-corrected chi connectivity index (χ3v) is 3.59. The lowest BCUT2D eigenvalue weighted by Crippen LogP contribution is -2.30. The number of nitrogens with one attached hydrogen (secondary N) is 1. The predicted molar refractivity (Wildman–Crippen MR) is 76.3 cm³/mol. The average Bonchev–Trinajstić information content (AvgIpc) is 2.80. The molecular weight excluding hydrogens is 238 g/mol. The Morgan fingerprint density at radius 2 is 1.89 bits per heavy atom. The van der Waals surface area contributed by atoms with Crippen molar-refractivity contribution in [1.82, 2.24) is 5.32 Å². The van der Waals surface area contributed by atoms with E-state index in [2.05, 4.69) is 24.4 Å². The van der Waals surface area contributed by atoms with Crippen LogP contribution in [0.5, 0.6) is 0 Å². The Kier molecular flexibility index (Phi) is 5.25. The van der Waals surface area contributed by atoms with E-state index < -0.39 is 0 Å². The summed E-state index contributed by atoms with van der Waals surface area (Å²) in [7, 11) is 0. The Hall–Kier alpha value is -1.51. The molecule has 0 radical (unpaired) electrons. The monoisotopic (exact) mass is 261 g/mol. The van der Waals surface area contributed by atoms with Gasteiger partial charge in [0, 0.05) is 19.4 Å². The van der Waals surface area contributed by atoms with E-state index in [1.54, 1.807) is 0 Å². The average molecular weight is 261 g/mol. The molecule has 0 bridgehead atoms. The number of carbonyl (C=O) groups is 1. The highest BCUT2D eigenvalue weighted by Gasteiger charge is 2.23. The van der Waals surface area contributed by atoms with Gasteiger partial charge in [0.15, 0.2) is 0 Å². The smallest absolute Gasteiger partial charge is 0.407 e. The molecule has 1 amide bonds. The van der Waals surface area contributed by atoms with Crippen molar-refractivity contribution in [2.45, 2.75) is 51.6 Å². The number of alkyl carbamates (subject to hydrolysis) is 1. The Labute approximate surface area is 115 Å². The third kappa shape index (κ3) is 4.27. The minimum atomic E-state index is -0.269. The lowest BCUT2D eigenvalue weighted by molar-refractivity contribution is 0.103. The number of unbranched alkanes of at least 4 members (excludes halogenated alkanes) is 3. The van der Waals surface area contributed by atoms with Gasteiger partial charge in [-0.05, 0) is 17.5 Å². The van der Waals surface area contributed by atoms with Gasteiger partial charge in [0.1, 0.15) is 6.10 Å². The summed E-state index contributed by atoms with van der Waals surface area (Å²) in [4.78, 5) is 11.6. The van der Waals surface area contributed by atoms with E-state index in [1.165, 1.54) is 30.4 Å². The van der Waals surface area contributed by atoms with Gasteiger partial charge < -0.3 is 10.1 Å². The van der Waals surface area contributed by atoms with E-state index in [0.717, 1.165) is 25.8 Å². The standard InChI is InChI=1S/C16H23NO2/c1-2-3-4-7-10-17-16(18)19-15-11-13-8-5-6-9-14(13)12-15/h5-6,8-9,15H,2-4,7,10-12H2,1H3,(H,17,18). The molecule has 104 valence electrons. The topological polar surface area (TPSA) is 38.3 Å². The zero-order valence-electron chi connectivity index (χ0n) is 11.7. The first-order valence-corrected chi connectivity index (χ1v) is 7.31. The minimum Gasteiger partial charge on any atom is -0.446 e. The Balaban J connectivity index is 1.65. The van der Waals surface area contributed by atoms with Gasteiger partial charge >= 0.3 is 6.09 Å². The van der Waals surface area contributed by atoms with Gasteiger partial charge in [0.25, 0.3) is 0 Å². The van der Waals surface area contributed by atoms with E-state index in [1.807, 2.05) is 12.1 Å². The van der Waals surface area contributed by atoms with Crippen LogP contribution >= 0.6 is 0 Å². The highest BCUT2D eigenvalue weighted by Crippen LogP contribution is 2.23. The molecule has 0 atom stereocenters. The lowest BCUT2D eigenvalue weighted by Gasteiger charge is -2.12. The van der Waals surface area contributed by atoms with Crippen LogP contribution < -0.4 is 5.32 Å². The molecule has 1 aromatic carbocycles. The number of hydrogen-bond donors (Lipinski definition) is 1. The highest BCUT2D eigenvalue weighted by molar-refractivity contribution is 5.67. The molecule has 3 heteroatoms. The van der Waals surface area contributed by atoms with E-state index in [4.69, 9.17) is 4.74 Å². The number of carbonyl (C=O) groups excluding carboxylic acids is 1. The zero-order valence-corrected chi connectivity index (χ0v) is 11.7. The SMILES string of the molecule is CCCCCCNC(=O)OC1Cc2ccccc2C1. The maximum atomic E-state index is 11.6. The van der Waals surface area contributed by atoms with Gasteiger partial charge in [-0.25, -0.2) is 4.79 Å². The predicted octanol–water partition coefficient (Wildman–Crippen LogP) is 3.46. The number of ether oxygens (including phenoxy) is 1. The van der Waals surface area contributed by atoms with Gasteiger partial charge in [-0.2, -0.15) is 0 Å². The summed E-state index contributed by atoms with van der Waals surface area (Å²) >= 11 is 0. The molecule has 1 aromatic rings. The van der Waals surface area contributed by atoms with Gasteiger partial charge in [0.2, 0.25) is 0 Å². The summed E-state index contributed by atoms with van der Waals surface area (Å²) in [6, 6.07) is 8.30. The van der Waals surface area contributed by atoms with E-state index in [-0.39, 0.29) is 12.2 Å². The van der Waals surface area contributed by atoms with Gasteiger partial charge in [0.05, 0.1) is 0 Å². The maximum absolute atomic E-state index is 11.6. The van der Waals surface area contributed by atoms with Crippen molar-refractivity contribution in [3.05, 3.63) is 35.4 Å². The number of benzene rings is 1. The van der Waals surface area contributed by atoms with Crippen LogP contribution in [-0.4, -0.2) is 18.7 Å². The molecule has 0 aliphatic heterocycles. The van der Waals surface area contributed by atoms with Gasteiger partial charge in [-0.1, -0.05) is 50.5 Å². The van der Waals surface area contributed by atoms with Crippen molar-refractivity contribution in [2.24, 2.45) is 0 Å². The first-order chi connectivity index (χ1) is 9.29. The van der Waals surface area contributed by atoms with Crippen LogP contribution in [-0.2, 0) is 17.6 Å².